The van der Waals surface area contributed by atoms with E-state index in [1.807, 2.05) is 30.3 Å². The smallest absolute Gasteiger partial charge is 0.259 e. The number of pyridine rings is 1. The third kappa shape index (κ3) is 3.74. The van der Waals surface area contributed by atoms with Gasteiger partial charge >= 0.3 is 0 Å². The molecule has 6 heteroatoms. The molecule has 1 aliphatic heterocycles. The van der Waals surface area contributed by atoms with Gasteiger partial charge in [0.25, 0.3) is 5.91 Å². The molecule has 1 aromatic heterocycles. The van der Waals surface area contributed by atoms with Gasteiger partial charge in [0.2, 0.25) is 5.88 Å². The minimum Gasteiger partial charge on any atom is -0.487 e. The molecule has 0 aliphatic carbocycles. The van der Waals surface area contributed by atoms with Crippen LogP contribution in [0.15, 0.2) is 48.7 Å². The van der Waals surface area contributed by atoms with Crippen LogP contribution in [-0.2, 0) is 0 Å². The van der Waals surface area contributed by atoms with Gasteiger partial charge in [-0.2, -0.15) is 0 Å². The van der Waals surface area contributed by atoms with Gasteiger partial charge in [-0.15, -0.1) is 0 Å². The van der Waals surface area contributed by atoms with Gasteiger partial charge in [-0.3, -0.25) is 4.79 Å². The molecule has 0 bridgehead atoms. The molecule has 2 atom stereocenters. The third-order valence-electron chi connectivity index (χ3n) is 4.37. The quantitative estimate of drug-likeness (QED) is 0.922. The molecule has 1 saturated heterocycles. The number of β-amino-alcohol motifs (C(OH)–C–C–N with tert-alkyl or cyclic N) is 1. The normalized spacial score (nSPS) is 23.2. The summed E-state index contributed by atoms with van der Waals surface area (Å²) in [4.78, 5) is 18.5. The summed E-state index contributed by atoms with van der Waals surface area (Å²) in [5, 5.41) is 10.8. The topological polar surface area (TPSA) is 71.9 Å². The summed E-state index contributed by atoms with van der Waals surface area (Å²) in [5.41, 5.74) is -0.762. The van der Waals surface area contributed by atoms with E-state index in [0.29, 0.717) is 24.3 Å². The Hall–Kier alpha value is -2.60. The molecule has 1 fully saturated rings. The van der Waals surface area contributed by atoms with Crippen LogP contribution in [0.25, 0.3) is 0 Å². The minimum absolute atomic E-state index is 0.182. The average molecular weight is 342 g/mol. The van der Waals surface area contributed by atoms with Gasteiger partial charge in [0.05, 0.1) is 13.7 Å². The van der Waals surface area contributed by atoms with E-state index in [1.165, 1.54) is 7.11 Å². The van der Waals surface area contributed by atoms with E-state index >= 15 is 0 Å². The first-order valence-electron chi connectivity index (χ1n) is 8.23. The van der Waals surface area contributed by atoms with Crippen molar-refractivity contribution in [3.63, 3.8) is 0 Å². The highest BCUT2D eigenvalue weighted by molar-refractivity contribution is 5.96. The Kier molecular flexibility index (Phi) is 4.90. The Morgan fingerprint density at radius 1 is 1.28 bits per heavy atom. The summed E-state index contributed by atoms with van der Waals surface area (Å²) in [7, 11) is 1.48. The fraction of sp³-hybridized carbons (Fsp3) is 0.368. The molecular weight excluding hydrogens is 320 g/mol. The van der Waals surface area contributed by atoms with E-state index in [2.05, 4.69) is 4.98 Å². The Morgan fingerprint density at radius 3 is 2.72 bits per heavy atom. The van der Waals surface area contributed by atoms with E-state index in [4.69, 9.17) is 9.47 Å². The van der Waals surface area contributed by atoms with Gasteiger partial charge in [0, 0.05) is 19.2 Å². The van der Waals surface area contributed by atoms with Crippen LogP contribution in [0.4, 0.5) is 0 Å². The van der Waals surface area contributed by atoms with Gasteiger partial charge in [0.15, 0.2) is 0 Å². The molecule has 1 amide bonds. The lowest BCUT2D eigenvalue weighted by Gasteiger charge is -2.42. The first-order chi connectivity index (χ1) is 12.0. The Morgan fingerprint density at radius 2 is 2.04 bits per heavy atom. The molecule has 1 aromatic carbocycles. The van der Waals surface area contributed by atoms with E-state index < -0.39 is 5.60 Å². The van der Waals surface area contributed by atoms with E-state index in [0.717, 1.165) is 0 Å². The lowest BCUT2D eigenvalue weighted by atomic mass is 9.91. The molecule has 1 N–H and O–H groups in total. The predicted molar refractivity (Wildman–Crippen MR) is 92.8 cm³/mol. The number of benzene rings is 1. The number of hydrogen-bond acceptors (Lipinski definition) is 5. The monoisotopic (exact) mass is 342 g/mol. The maximum Gasteiger partial charge on any atom is 0.259 e. The zero-order chi connectivity index (χ0) is 17.9. The standard InChI is InChI=1S/C19H22N2O4/c1-19(23)13-21(18(22)15-9-6-11-20-17(15)24-2)12-10-16(19)25-14-7-4-3-5-8-14/h3-9,11,16,23H,10,12-13H2,1-2H3/t16-,19-/m0/s1. The van der Waals surface area contributed by atoms with E-state index in [9.17, 15) is 9.90 Å². The molecule has 1 aliphatic rings. The number of nitrogens with zero attached hydrogens (tertiary/aromatic N) is 2. The van der Waals surface area contributed by atoms with Crippen molar-refractivity contribution in [3.8, 4) is 11.6 Å². The summed E-state index contributed by atoms with van der Waals surface area (Å²) in [5.74, 6) is 0.791. The molecule has 25 heavy (non-hydrogen) atoms. The molecule has 3 rings (SSSR count). The predicted octanol–water partition coefficient (Wildman–Crippen LogP) is 2.13. The zero-order valence-corrected chi connectivity index (χ0v) is 14.4. The van der Waals surface area contributed by atoms with Crippen molar-refractivity contribution in [1.29, 1.82) is 0 Å². The molecular formula is C19H22N2O4. The zero-order valence-electron chi connectivity index (χ0n) is 14.4. The van der Waals surface area contributed by atoms with Crippen molar-refractivity contribution in [2.24, 2.45) is 0 Å². The van der Waals surface area contributed by atoms with Crippen LogP contribution in [0.2, 0.25) is 0 Å². The number of aliphatic hydroxyl groups is 1. The van der Waals surface area contributed by atoms with Crippen LogP contribution in [-0.4, -0.2) is 52.8 Å². The summed E-state index contributed by atoms with van der Waals surface area (Å²) < 4.78 is 11.1. The number of para-hydroxylation sites is 1. The lowest BCUT2D eigenvalue weighted by molar-refractivity contribution is -0.0899. The van der Waals surface area contributed by atoms with Crippen molar-refractivity contribution in [1.82, 2.24) is 9.88 Å². The largest absolute Gasteiger partial charge is 0.487 e. The highest BCUT2D eigenvalue weighted by atomic mass is 16.5. The molecule has 0 saturated carbocycles. The number of methoxy groups -OCH3 is 1. The summed E-state index contributed by atoms with van der Waals surface area (Å²) >= 11 is 0. The Bertz CT molecular complexity index is 733. The molecule has 0 spiro atoms. The minimum atomic E-state index is -1.15. The fourth-order valence-electron chi connectivity index (χ4n) is 3.06. The number of piperidine rings is 1. The molecule has 2 aromatic rings. The van der Waals surface area contributed by atoms with Gasteiger partial charge in [-0.05, 0) is 31.2 Å². The number of amides is 1. The maximum absolute atomic E-state index is 12.8. The number of rotatable bonds is 4. The van der Waals surface area contributed by atoms with Crippen LogP contribution < -0.4 is 9.47 Å². The number of aromatic nitrogens is 1. The fourth-order valence-corrected chi connectivity index (χ4v) is 3.06. The van der Waals surface area contributed by atoms with Crippen LogP contribution in [0.5, 0.6) is 11.6 Å². The van der Waals surface area contributed by atoms with Gasteiger partial charge in [-0.25, -0.2) is 4.98 Å². The number of likely N-dealkylation sites (tertiary alicyclic amines) is 1. The van der Waals surface area contributed by atoms with Crippen molar-refractivity contribution < 1.29 is 19.4 Å². The first-order valence-corrected chi connectivity index (χ1v) is 8.23. The molecule has 0 radical (unpaired) electrons. The Labute approximate surface area is 147 Å². The lowest BCUT2D eigenvalue weighted by Crippen LogP contribution is -2.58. The molecule has 132 valence electrons. The molecule has 6 nitrogen and oxygen atoms in total. The second-order valence-corrected chi connectivity index (χ2v) is 6.35. The second-order valence-electron chi connectivity index (χ2n) is 6.35. The van der Waals surface area contributed by atoms with Crippen LogP contribution in [0, 0.1) is 0 Å². The summed E-state index contributed by atoms with van der Waals surface area (Å²) in [6.45, 7) is 2.37. The van der Waals surface area contributed by atoms with Crippen LogP contribution >= 0.6 is 0 Å². The van der Waals surface area contributed by atoms with E-state index in [1.54, 1.807) is 30.2 Å². The van der Waals surface area contributed by atoms with E-state index in [-0.39, 0.29) is 24.4 Å². The second kappa shape index (κ2) is 7.11. The van der Waals surface area contributed by atoms with Crippen molar-refractivity contribution in [2.75, 3.05) is 20.2 Å². The number of carbonyl (C=O) groups is 1. The Balaban J connectivity index is 1.72. The van der Waals surface area contributed by atoms with Crippen LogP contribution in [0.1, 0.15) is 23.7 Å². The van der Waals surface area contributed by atoms with Gasteiger partial charge < -0.3 is 19.5 Å². The number of ether oxygens (including phenoxy) is 2. The molecule has 0 unspecified atom stereocenters. The first kappa shape index (κ1) is 17.2. The highest BCUT2D eigenvalue weighted by Gasteiger charge is 2.41. The third-order valence-corrected chi connectivity index (χ3v) is 4.37. The summed E-state index contributed by atoms with van der Waals surface area (Å²) in [6, 6.07) is 12.8. The summed E-state index contributed by atoms with van der Waals surface area (Å²) in [6.07, 6.45) is 1.73. The van der Waals surface area contributed by atoms with Gasteiger partial charge in [-0.1, -0.05) is 18.2 Å². The maximum atomic E-state index is 12.8. The highest BCUT2D eigenvalue weighted by Crippen LogP contribution is 2.28. The average Bonchev–Trinajstić information content (AvgIpc) is 2.63. The number of hydrogen-bond donors (Lipinski definition) is 1. The SMILES string of the molecule is COc1ncccc1C(=O)N1CC[C@H](Oc2ccccc2)[C@@](C)(O)C1. The van der Waals surface area contributed by atoms with Crippen LogP contribution in [0.3, 0.4) is 0 Å². The van der Waals surface area contributed by atoms with Crippen molar-refractivity contribution in [2.45, 2.75) is 25.0 Å². The molecule has 2 heterocycles. The van der Waals surface area contributed by atoms with Crippen molar-refractivity contribution >= 4 is 5.91 Å². The number of carbonyl (C=O) groups excluding carboxylic acids is 1. The van der Waals surface area contributed by atoms with Gasteiger partial charge in [0.1, 0.15) is 23.0 Å². The van der Waals surface area contributed by atoms with Crippen molar-refractivity contribution in [3.05, 3.63) is 54.2 Å².